The quantitative estimate of drug-likeness (QED) is 0.852. The van der Waals surface area contributed by atoms with Crippen LogP contribution < -0.4 is 5.32 Å². The number of piperidine rings is 1. The lowest BCUT2D eigenvalue weighted by molar-refractivity contribution is -0.146. The molecule has 1 N–H and O–H groups in total. The van der Waals surface area contributed by atoms with Gasteiger partial charge < -0.3 is 10.1 Å². The minimum Gasteiger partial charge on any atom is -0.469 e. The Morgan fingerprint density at radius 2 is 2.12 bits per heavy atom. The normalized spacial score (nSPS) is 24.4. The number of ether oxygens (including phenoxy) is 1. The smallest absolute Gasteiger partial charge is 0.310 e. The monoisotopic (exact) mass is 297 g/mol. The maximum atomic E-state index is 11.7. The van der Waals surface area contributed by atoms with E-state index in [9.17, 15) is 4.79 Å². The lowest BCUT2D eigenvalue weighted by atomic mass is 9.81. The molecule has 0 radical (unpaired) electrons. The van der Waals surface area contributed by atoms with Crippen molar-refractivity contribution < 1.29 is 9.53 Å². The van der Waals surface area contributed by atoms with Gasteiger partial charge in [-0.25, -0.2) is 0 Å². The van der Waals surface area contributed by atoms with E-state index in [4.69, 9.17) is 4.74 Å². The lowest BCUT2D eigenvalue weighted by Gasteiger charge is -2.30. The number of carbonyl (C=O) groups excluding carboxylic acids is 1. The van der Waals surface area contributed by atoms with Crippen molar-refractivity contribution in [2.24, 2.45) is 5.92 Å². The SMILES string of the molecule is COC(=O)[C@@H]1CNCC[C@@H]1c1ccc(Br)cc1. The predicted molar refractivity (Wildman–Crippen MR) is 69.9 cm³/mol. The van der Waals surface area contributed by atoms with E-state index in [1.54, 1.807) is 0 Å². The summed E-state index contributed by atoms with van der Waals surface area (Å²) in [4.78, 5) is 11.7. The van der Waals surface area contributed by atoms with Gasteiger partial charge >= 0.3 is 5.97 Å². The molecule has 0 spiro atoms. The van der Waals surface area contributed by atoms with E-state index in [-0.39, 0.29) is 17.8 Å². The van der Waals surface area contributed by atoms with Gasteiger partial charge in [-0.05, 0) is 36.6 Å². The maximum absolute atomic E-state index is 11.7. The van der Waals surface area contributed by atoms with Crippen LogP contribution in [0, 0.1) is 5.92 Å². The van der Waals surface area contributed by atoms with Crippen molar-refractivity contribution in [2.45, 2.75) is 12.3 Å². The van der Waals surface area contributed by atoms with Crippen LogP contribution >= 0.6 is 15.9 Å². The summed E-state index contributed by atoms with van der Waals surface area (Å²) in [6.45, 7) is 1.65. The van der Waals surface area contributed by atoms with E-state index in [0.717, 1.165) is 17.4 Å². The highest BCUT2D eigenvalue weighted by atomic mass is 79.9. The molecule has 0 unspecified atom stereocenters. The second-order valence-electron chi connectivity index (χ2n) is 4.28. The van der Waals surface area contributed by atoms with Crippen molar-refractivity contribution >= 4 is 21.9 Å². The highest BCUT2D eigenvalue weighted by Crippen LogP contribution is 2.31. The van der Waals surface area contributed by atoms with Crippen molar-refractivity contribution in [1.29, 1.82) is 0 Å². The molecule has 1 heterocycles. The average molecular weight is 298 g/mol. The zero-order valence-corrected chi connectivity index (χ0v) is 11.4. The van der Waals surface area contributed by atoms with Crippen LogP contribution in [-0.4, -0.2) is 26.2 Å². The van der Waals surface area contributed by atoms with Gasteiger partial charge in [-0.1, -0.05) is 28.1 Å². The fourth-order valence-corrected chi connectivity index (χ4v) is 2.63. The van der Waals surface area contributed by atoms with Crippen molar-refractivity contribution in [3.63, 3.8) is 0 Å². The van der Waals surface area contributed by atoms with Crippen LogP contribution in [0.4, 0.5) is 0 Å². The minimum absolute atomic E-state index is 0.0741. The van der Waals surface area contributed by atoms with Crippen molar-refractivity contribution in [1.82, 2.24) is 5.32 Å². The number of hydrogen-bond acceptors (Lipinski definition) is 3. The summed E-state index contributed by atoms with van der Waals surface area (Å²) in [5, 5.41) is 3.25. The highest BCUT2D eigenvalue weighted by molar-refractivity contribution is 9.10. The van der Waals surface area contributed by atoms with Crippen LogP contribution in [0.25, 0.3) is 0 Å². The summed E-state index contributed by atoms with van der Waals surface area (Å²) in [5.74, 6) is 0.0665. The number of methoxy groups -OCH3 is 1. The number of halogens is 1. The molecule has 2 atom stereocenters. The van der Waals surface area contributed by atoms with E-state index in [0.29, 0.717) is 6.54 Å². The molecule has 1 fully saturated rings. The van der Waals surface area contributed by atoms with Crippen LogP contribution in [0.2, 0.25) is 0 Å². The van der Waals surface area contributed by atoms with Gasteiger partial charge in [0.2, 0.25) is 0 Å². The lowest BCUT2D eigenvalue weighted by Crippen LogP contribution is -2.40. The maximum Gasteiger partial charge on any atom is 0.310 e. The first kappa shape index (κ1) is 12.6. The number of hydrogen-bond donors (Lipinski definition) is 1. The Labute approximate surface area is 110 Å². The average Bonchev–Trinajstić information content (AvgIpc) is 2.39. The highest BCUT2D eigenvalue weighted by Gasteiger charge is 2.32. The predicted octanol–water partition coefficient (Wildman–Crippen LogP) is 2.32. The van der Waals surface area contributed by atoms with Gasteiger partial charge in [0, 0.05) is 11.0 Å². The van der Waals surface area contributed by atoms with E-state index < -0.39 is 0 Å². The van der Waals surface area contributed by atoms with E-state index >= 15 is 0 Å². The molecule has 1 aromatic rings. The number of rotatable bonds is 2. The van der Waals surface area contributed by atoms with Gasteiger partial charge in [-0.2, -0.15) is 0 Å². The third-order valence-electron chi connectivity index (χ3n) is 3.28. The molecule has 1 saturated heterocycles. The number of nitrogens with one attached hydrogen (secondary N) is 1. The molecule has 2 rings (SSSR count). The number of carbonyl (C=O) groups is 1. The first-order chi connectivity index (χ1) is 8.22. The molecule has 1 aliphatic heterocycles. The molecule has 1 aliphatic rings. The van der Waals surface area contributed by atoms with Crippen molar-refractivity contribution in [2.75, 3.05) is 20.2 Å². The molecule has 92 valence electrons. The zero-order chi connectivity index (χ0) is 12.3. The molecule has 0 aliphatic carbocycles. The Morgan fingerprint density at radius 1 is 1.41 bits per heavy atom. The van der Waals surface area contributed by atoms with Crippen LogP contribution in [0.5, 0.6) is 0 Å². The summed E-state index contributed by atoms with van der Waals surface area (Å²) >= 11 is 3.42. The largest absolute Gasteiger partial charge is 0.469 e. The van der Waals surface area contributed by atoms with E-state index in [1.165, 1.54) is 12.7 Å². The fraction of sp³-hybridized carbons (Fsp3) is 0.462. The molecule has 0 saturated carbocycles. The molecule has 3 nitrogen and oxygen atoms in total. The summed E-state index contributed by atoms with van der Waals surface area (Å²) in [7, 11) is 1.45. The van der Waals surface area contributed by atoms with Crippen LogP contribution in [0.1, 0.15) is 17.9 Å². The van der Waals surface area contributed by atoms with Crippen molar-refractivity contribution in [3.8, 4) is 0 Å². The molecule has 4 heteroatoms. The van der Waals surface area contributed by atoms with Gasteiger partial charge in [0.05, 0.1) is 13.0 Å². The molecule has 1 aromatic carbocycles. The third kappa shape index (κ3) is 2.87. The van der Waals surface area contributed by atoms with Gasteiger partial charge in [0.15, 0.2) is 0 Å². The Kier molecular flexibility index (Phi) is 4.18. The topological polar surface area (TPSA) is 38.3 Å². The minimum atomic E-state index is -0.120. The van der Waals surface area contributed by atoms with E-state index in [2.05, 4.69) is 33.4 Å². The standard InChI is InChI=1S/C13H16BrNO2/c1-17-13(16)12-8-15-7-6-11(12)9-2-4-10(14)5-3-9/h2-5,11-12,15H,6-8H2,1H3/t11-,12-/m1/s1. The van der Waals surface area contributed by atoms with Crippen molar-refractivity contribution in [3.05, 3.63) is 34.3 Å². The summed E-state index contributed by atoms with van der Waals surface area (Å²) in [5.41, 5.74) is 1.21. The molecular weight excluding hydrogens is 282 g/mol. The number of benzene rings is 1. The van der Waals surface area contributed by atoms with Crippen LogP contribution in [-0.2, 0) is 9.53 Å². The first-order valence-electron chi connectivity index (χ1n) is 5.76. The Bertz CT molecular complexity index is 391. The van der Waals surface area contributed by atoms with Gasteiger partial charge in [0.25, 0.3) is 0 Å². The van der Waals surface area contributed by atoms with Gasteiger partial charge in [-0.15, -0.1) is 0 Å². The first-order valence-corrected chi connectivity index (χ1v) is 6.55. The van der Waals surface area contributed by atoms with Gasteiger partial charge in [-0.3, -0.25) is 4.79 Å². The summed E-state index contributed by atoms with van der Waals surface area (Å²) in [6.07, 6.45) is 0.974. The Balaban J connectivity index is 2.21. The second kappa shape index (κ2) is 5.65. The molecule has 17 heavy (non-hydrogen) atoms. The molecule has 0 aromatic heterocycles. The molecule has 0 amide bonds. The third-order valence-corrected chi connectivity index (χ3v) is 3.81. The van der Waals surface area contributed by atoms with E-state index in [1.807, 2.05) is 12.1 Å². The fourth-order valence-electron chi connectivity index (χ4n) is 2.37. The molecular formula is C13H16BrNO2. The Hall–Kier alpha value is -0.870. The zero-order valence-electron chi connectivity index (χ0n) is 9.78. The number of esters is 1. The Morgan fingerprint density at radius 3 is 2.76 bits per heavy atom. The van der Waals surface area contributed by atoms with Crippen LogP contribution in [0.15, 0.2) is 28.7 Å². The summed E-state index contributed by atoms with van der Waals surface area (Å²) < 4.78 is 5.94. The summed E-state index contributed by atoms with van der Waals surface area (Å²) in [6, 6.07) is 8.20. The van der Waals surface area contributed by atoms with Crippen LogP contribution in [0.3, 0.4) is 0 Å². The molecule has 0 bridgehead atoms. The van der Waals surface area contributed by atoms with Gasteiger partial charge in [0.1, 0.15) is 0 Å². The second-order valence-corrected chi connectivity index (χ2v) is 5.20.